The summed E-state index contributed by atoms with van der Waals surface area (Å²) in [6.45, 7) is 0.533. The van der Waals surface area contributed by atoms with E-state index in [0.717, 1.165) is 31.2 Å². The minimum Gasteiger partial charge on any atom is -0.355 e. The molecule has 1 amide bonds. The van der Waals surface area contributed by atoms with Gasteiger partial charge in [-0.1, -0.05) is 31.4 Å². The van der Waals surface area contributed by atoms with E-state index >= 15 is 0 Å². The van der Waals surface area contributed by atoms with Crippen LogP contribution in [0.25, 0.3) is 0 Å². The Morgan fingerprint density at radius 1 is 1.32 bits per heavy atom. The monoisotopic (exact) mass is 325 g/mol. The number of halogens is 1. The van der Waals surface area contributed by atoms with Crippen molar-refractivity contribution in [1.82, 2.24) is 5.32 Å². The van der Waals surface area contributed by atoms with Crippen LogP contribution in [0, 0.1) is 5.82 Å². The first-order valence-corrected chi connectivity index (χ1v) is 9.57. The van der Waals surface area contributed by atoms with E-state index in [9.17, 15) is 13.4 Å². The van der Waals surface area contributed by atoms with Crippen molar-refractivity contribution in [3.63, 3.8) is 0 Å². The number of hydrogen-bond acceptors (Lipinski definition) is 2. The largest absolute Gasteiger partial charge is 0.355 e. The van der Waals surface area contributed by atoms with Gasteiger partial charge >= 0.3 is 0 Å². The van der Waals surface area contributed by atoms with Crippen LogP contribution < -0.4 is 5.32 Å². The van der Waals surface area contributed by atoms with Crippen molar-refractivity contribution in [1.29, 1.82) is 0 Å². The van der Waals surface area contributed by atoms with Gasteiger partial charge in [-0.05, 0) is 30.5 Å². The highest BCUT2D eigenvalue weighted by atomic mass is 32.2. The normalized spacial score (nSPS) is 18.6. The molecule has 0 radical (unpaired) electrons. The van der Waals surface area contributed by atoms with Gasteiger partial charge in [0, 0.05) is 41.2 Å². The van der Waals surface area contributed by atoms with Crippen molar-refractivity contribution in [3.8, 4) is 0 Å². The van der Waals surface area contributed by atoms with Gasteiger partial charge in [0.05, 0.1) is 0 Å². The van der Waals surface area contributed by atoms with Gasteiger partial charge < -0.3 is 5.32 Å². The summed E-state index contributed by atoms with van der Waals surface area (Å²) in [7, 11) is -0.954. The standard InChI is InChI=1S/C17H24FNO2S/c1-22(21)11-8-16(20)19-13-17(9-3-2-4-10-17)14-6-5-7-15(18)12-14/h5-7,12H,2-4,8-11,13H2,1H3,(H,19,20)/t22-/m1/s1. The summed E-state index contributed by atoms with van der Waals surface area (Å²) in [5.41, 5.74) is 0.813. The molecule has 0 heterocycles. The molecule has 0 aliphatic heterocycles. The van der Waals surface area contributed by atoms with Crippen LogP contribution >= 0.6 is 0 Å². The fourth-order valence-electron chi connectivity index (χ4n) is 3.21. The van der Waals surface area contributed by atoms with Crippen LogP contribution in [-0.2, 0) is 21.0 Å². The third-order valence-corrected chi connectivity index (χ3v) is 5.27. The van der Waals surface area contributed by atoms with E-state index in [1.807, 2.05) is 6.07 Å². The smallest absolute Gasteiger partial charge is 0.220 e. The highest BCUT2D eigenvalue weighted by Crippen LogP contribution is 2.39. The maximum absolute atomic E-state index is 13.6. The highest BCUT2D eigenvalue weighted by Gasteiger charge is 2.34. The second-order valence-electron chi connectivity index (χ2n) is 6.16. The summed E-state index contributed by atoms with van der Waals surface area (Å²) in [6, 6.07) is 6.75. The number of rotatable bonds is 6. The van der Waals surface area contributed by atoms with E-state index in [2.05, 4.69) is 5.32 Å². The number of amides is 1. The molecule has 122 valence electrons. The highest BCUT2D eigenvalue weighted by molar-refractivity contribution is 7.84. The molecule has 1 aliphatic rings. The molecule has 5 heteroatoms. The van der Waals surface area contributed by atoms with Crippen molar-refractivity contribution >= 4 is 16.7 Å². The maximum atomic E-state index is 13.6. The zero-order valence-electron chi connectivity index (χ0n) is 13.1. The lowest BCUT2D eigenvalue weighted by atomic mass is 9.69. The van der Waals surface area contributed by atoms with E-state index < -0.39 is 10.8 Å². The van der Waals surface area contributed by atoms with Crippen LogP contribution in [0.1, 0.15) is 44.1 Å². The number of hydrogen-bond donors (Lipinski definition) is 1. The van der Waals surface area contributed by atoms with Gasteiger partial charge in [-0.2, -0.15) is 0 Å². The Hall–Kier alpha value is -1.23. The van der Waals surface area contributed by atoms with Gasteiger partial charge in [0.15, 0.2) is 0 Å². The summed E-state index contributed by atoms with van der Waals surface area (Å²) in [5, 5.41) is 2.97. The Kier molecular flexibility index (Phi) is 6.12. The van der Waals surface area contributed by atoms with Gasteiger partial charge in [0.25, 0.3) is 0 Å². The second-order valence-corrected chi connectivity index (χ2v) is 7.71. The summed E-state index contributed by atoms with van der Waals surface area (Å²) in [5.74, 6) is 0.0884. The number of nitrogens with one attached hydrogen (secondary N) is 1. The molecular formula is C17H24FNO2S. The third-order valence-electron chi connectivity index (χ3n) is 4.49. The van der Waals surface area contributed by atoms with E-state index in [-0.39, 0.29) is 23.6 Å². The molecule has 1 aliphatic carbocycles. The van der Waals surface area contributed by atoms with Crippen LogP contribution in [-0.4, -0.2) is 28.7 Å². The summed E-state index contributed by atoms with van der Waals surface area (Å²) in [4.78, 5) is 11.9. The summed E-state index contributed by atoms with van der Waals surface area (Å²) < 4.78 is 24.6. The number of benzene rings is 1. The average Bonchev–Trinajstić information content (AvgIpc) is 2.52. The van der Waals surface area contributed by atoms with Crippen LogP contribution in [0.15, 0.2) is 24.3 Å². The van der Waals surface area contributed by atoms with Gasteiger partial charge in [-0.3, -0.25) is 9.00 Å². The van der Waals surface area contributed by atoms with Crippen molar-refractivity contribution in [2.24, 2.45) is 0 Å². The van der Waals surface area contributed by atoms with Crippen LogP contribution in [0.3, 0.4) is 0 Å². The van der Waals surface area contributed by atoms with Gasteiger partial charge in [0.1, 0.15) is 5.82 Å². The van der Waals surface area contributed by atoms with Gasteiger partial charge in [-0.25, -0.2) is 4.39 Å². The average molecular weight is 325 g/mol. The third kappa shape index (κ3) is 4.63. The molecule has 1 N–H and O–H groups in total. The van der Waals surface area contributed by atoms with E-state index in [0.29, 0.717) is 12.3 Å². The molecule has 1 aromatic rings. The fourth-order valence-corrected chi connectivity index (χ4v) is 3.68. The Bertz CT molecular complexity index is 541. The minimum atomic E-state index is -0.954. The lowest BCUT2D eigenvalue weighted by Crippen LogP contribution is -2.42. The maximum Gasteiger partial charge on any atom is 0.220 e. The van der Waals surface area contributed by atoms with E-state index in [1.54, 1.807) is 18.4 Å². The Labute approximate surface area is 134 Å². The molecule has 0 aromatic heterocycles. The molecule has 22 heavy (non-hydrogen) atoms. The lowest BCUT2D eigenvalue weighted by molar-refractivity contribution is -0.121. The summed E-state index contributed by atoms with van der Waals surface area (Å²) >= 11 is 0. The van der Waals surface area contributed by atoms with Gasteiger partial charge in [0.2, 0.25) is 5.91 Å². The van der Waals surface area contributed by atoms with Crippen molar-refractivity contribution in [3.05, 3.63) is 35.6 Å². The molecule has 1 fully saturated rings. The van der Waals surface area contributed by atoms with Crippen molar-refractivity contribution < 1.29 is 13.4 Å². The number of carbonyl (C=O) groups is 1. The lowest BCUT2D eigenvalue weighted by Gasteiger charge is -2.38. The van der Waals surface area contributed by atoms with Crippen molar-refractivity contribution in [2.45, 2.75) is 43.9 Å². The molecule has 2 rings (SSSR count). The number of carbonyl (C=O) groups excluding carboxylic acids is 1. The quantitative estimate of drug-likeness (QED) is 0.874. The summed E-state index contributed by atoms with van der Waals surface area (Å²) in [6.07, 6.45) is 7.22. The fraction of sp³-hybridized carbons (Fsp3) is 0.588. The van der Waals surface area contributed by atoms with Crippen molar-refractivity contribution in [2.75, 3.05) is 18.6 Å². The van der Waals surface area contributed by atoms with E-state index in [4.69, 9.17) is 0 Å². The predicted molar refractivity (Wildman–Crippen MR) is 87.7 cm³/mol. The second kappa shape index (κ2) is 7.86. The molecule has 3 nitrogen and oxygen atoms in total. The molecule has 1 atom stereocenters. The first kappa shape index (κ1) is 17.1. The SMILES string of the molecule is C[S@@](=O)CCC(=O)NCC1(c2cccc(F)c2)CCCCC1. The Balaban J connectivity index is 2.06. The zero-order chi connectivity index (χ0) is 16.0. The Morgan fingerprint density at radius 2 is 2.05 bits per heavy atom. The van der Waals surface area contributed by atoms with Gasteiger partial charge in [-0.15, -0.1) is 0 Å². The zero-order valence-corrected chi connectivity index (χ0v) is 13.9. The van der Waals surface area contributed by atoms with Crippen LogP contribution in [0.5, 0.6) is 0 Å². The molecular weight excluding hydrogens is 301 g/mol. The molecule has 0 saturated heterocycles. The molecule has 1 aromatic carbocycles. The van der Waals surface area contributed by atoms with E-state index in [1.165, 1.54) is 12.5 Å². The molecule has 0 spiro atoms. The molecule has 0 bridgehead atoms. The molecule has 1 saturated carbocycles. The Morgan fingerprint density at radius 3 is 2.68 bits per heavy atom. The van der Waals surface area contributed by atoms with Crippen LogP contribution in [0.2, 0.25) is 0 Å². The molecule has 0 unspecified atom stereocenters. The topological polar surface area (TPSA) is 46.2 Å². The minimum absolute atomic E-state index is 0.0726. The first-order valence-electron chi connectivity index (χ1n) is 7.85. The first-order chi connectivity index (χ1) is 10.5. The van der Waals surface area contributed by atoms with Crippen LogP contribution in [0.4, 0.5) is 4.39 Å². The predicted octanol–water partition coefficient (Wildman–Crippen LogP) is 2.91.